The highest BCUT2D eigenvalue weighted by atomic mass is 16.5. The van der Waals surface area contributed by atoms with Crippen molar-refractivity contribution in [3.8, 4) is 0 Å². The highest BCUT2D eigenvalue weighted by Gasteiger charge is 2.39. The number of rotatable bonds is 3. The first-order chi connectivity index (χ1) is 10.2. The summed E-state index contributed by atoms with van der Waals surface area (Å²) in [5.74, 6) is 2.29. The van der Waals surface area contributed by atoms with E-state index in [0.29, 0.717) is 5.92 Å². The summed E-state index contributed by atoms with van der Waals surface area (Å²) in [5, 5.41) is 0. The van der Waals surface area contributed by atoms with Gasteiger partial charge >= 0.3 is 0 Å². The lowest BCUT2D eigenvalue weighted by Gasteiger charge is -2.37. The van der Waals surface area contributed by atoms with Gasteiger partial charge in [-0.05, 0) is 68.9 Å². The van der Waals surface area contributed by atoms with E-state index in [2.05, 4.69) is 11.9 Å². The average Bonchev–Trinajstić information content (AvgIpc) is 2.55. The summed E-state index contributed by atoms with van der Waals surface area (Å²) in [6.45, 7) is 3.08. The van der Waals surface area contributed by atoms with Crippen LogP contribution in [0.1, 0.15) is 56.1 Å². The molecule has 0 spiro atoms. The van der Waals surface area contributed by atoms with Crippen LogP contribution in [0, 0.1) is 11.8 Å². The molecule has 0 aliphatic heterocycles. The minimum atomic E-state index is -0.258. The Morgan fingerprint density at radius 2 is 2.10 bits per heavy atom. The predicted molar refractivity (Wildman–Crippen MR) is 82.9 cm³/mol. The van der Waals surface area contributed by atoms with Gasteiger partial charge in [-0.25, -0.2) is 9.97 Å². The number of fused-ring (bicyclic) bond motifs is 1. The first-order valence-electron chi connectivity index (χ1n) is 8.27. The van der Waals surface area contributed by atoms with Gasteiger partial charge in [0, 0.05) is 19.0 Å². The van der Waals surface area contributed by atoms with Crippen molar-refractivity contribution < 1.29 is 4.74 Å². The lowest BCUT2D eigenvalue weighted by atomic mass is 9.78. The van der Waals surface area contributed by atoms with Gasteiger partial charge in [0.25, 0.3) is 0 Å². The minimum Gasteiger partial charge on any atom is -0.370 e. The van der Waals surface area contributed by atoms with Crippen molar-refractivity contribution in [3.63, 3.8) is 0 Å². The molecule has 0 saturated heterocycles. The molecule has 0 bridgehead atoms. The minimum absolute atomic E-state index is 0.258. The summed E-state index contributed by atoms with van der Waals surface area (Å²) in [5.41, 5.74) is 8.05. The molecule has 21 heavy (non-hydrogen) atoms. The molecule has 0 amide bonds. The van der Waals surface area contributed by atoms with Gasteiger partial charge in [0.1, 0.15) is 5.60 Å². The van der Waals surface area contributed by atoms with Crippen LogP contribution in [0.25, 0.3) is 0 Å². The van der Waals surface area contributed by atoms with E-state index in [1.165, 1.54) is 24.1 Å². The molecule has 4 nitrogen and oxygen atoms in total. The predicted octanol–water partition coefficient (Wildman–Crippen LogP) is 2.59. The largest absolute Gasteiger partial charge is 0.370 e. The standard InChI is InChI=1S/C17H27N3O/c1-12-5-7-17(21-2,8-6-12)16-19-11-14-9-13(10-18)3-4-15(14)20-16/h11-13H,3-10,18H2,1-2H3. The van der Waals surface area contributed by atoms with E-state index >= 15 is 0 Å². The van der Waals surface area contributed by atoms with Crippen molar-refractivity contribution in [1.82, 2.24) is 9.97 Å². The lowest BCUT2D eigenvalue weighted by molar-refractivity contribution is -0.0599. The second kappa shape index (κ2) is 6.01. The zero-order chi connectivity index (χ0) is 14.9. The molecule has 0 aromatic carbocycles. The summed E-state index contributed by atoms with van der Waals surface area (Å²) < 4.78 is 5.90. The molecule has 0 radical (unpaired) electrons. The van der Waals surface area contributed by atoms with Crippen LogP contribution in [0.15, 0.2) is 6.20 Å². The van der Waals surface area contributed by atoms with Crippen LogP contribution < -0.4 is 5.73 Å². The van der Waals surface area contributed by atoms with Gasteiger partial charge in [-0.2, -0.15) is 0 Å². The smallest absolute Gasteiger partial charge is 0.160 e. The van der Waals surface area contributed by atoms with Gasteiger partial charge in [0.05, 0.1) is 0 Å². The second-order valence-electron chi connectivity index (χ2n) is 6.89. The maximum Gasteiger partial charge on any atom is 0.160 e. The van der Waals surface area contributed by atoms with Crippen LogP contribution in [0.3, 0.4) is 0 Å². The van der Waals surface area contributed by atoms with Crippen LogP contribution in [0.2, 0.25) is 0 Å². The van der Waals surface area contributed by atoms with Gasteiger partial charge in [0.2, 0.25) is 0 Å². The summed E-state index contributed by atoms with van der Waals surface area (Å²) in [6, 6.07) is 0. The summed E-state index contributed by atoms with van der Waals surface area (Å²) in [4.78, 5) is 9.57. The van der Waals surface area contributed by atoms with E-state index < -0.39 is 0 Å². The molecule has 1 aromatic heterocycles. The fourth-order valence-electron chi connectivity index (χ4n) is 3.75. The Labute approximate surface area is 127 Å². The van der Waals surface area contributed by atoms with E-state index in [9.17, 15) is 0 Å². The van der Waals surface area contributed by atoms with E-state index in [-0.39, 0.29) is 5.60 Å². The maximum absolute atomic E-state index is 5.90. The summed E-state index contributed by atoms with van der Waals surface area (Å²) in [6.07, 6.45) is 9.71. The number of aromatic nitrogens is 2. The molecule has 116 valence electrons. The van der Waals surface area contributed by atoms with Gasteiger partial charge in [-0.3, -0.25) is 0 Å². The lowest BCUT2D eigenvalue weighted by Crippen LogP contribution is -2.36. The zero-order valence-electron chi connectivity index (χ0n) is 13.3. The van der Waals surface area contributed by atoms with Crippen molar-refractivity contribution in [3.05, 3.63) is 23.3 Å². The molecule has 2 aliphatic carbocycles. The highest BCUT2D eigenvalue weighted by molar-refractivity contribution is 5.23. The van der Waals surface area contributed by atoms with Gasteiger partial charge < -0.3 is 10.5 Å². The molecular formula is C17H27N3O. The molecule has 2 aliphatic rings. The van der Waals surface area contributed by atoms with Crippen molar-refractivity contribution in [1.29, 1.82) is 0 Å². The van der Waals surface area contributed by atoms with E-state index in [4.69, 9.17) is 15.5 Å². The van der Waals surface area contributed by atoms with Crippen molar-refractivity contribution >= 4 is 0 Å². The topological polar surface area (TPSA) is 61.0 Å². The monoisotopic (exact) mass is 289 g/mol. The number of aryl methyl sites for hydroxylation is 1. The highest BCUT2D eigenvalue weighted by Crippen LogP contribution is 2.41. The third-order valence-corrected chi connectivity index (χ3v) is 5.47. The van der Waals surface area contributed by atoms with Crippen molar-refractivity contribution in [2.45, 2.75) is 57.5 Å². The normalized spacial score (nSPS) is 32.7. The number of hydrogen-bond donors (Lipinski definition) is 1. The van der Waals surface area contributed by atoms with E-state index in [1.54, 1.807) is 0 Å². The van der Waals surface area contributed by atoms with Gasteiger partial charge in [-0.15, -0.1) is 0 Å². The summed E-state index contributed by atoms with van der Waals surface area (Å²) in [7, 11) is 1.81. The van der Waals surface area contributed by atoms with Crippen LogP contribution in [-0.2, 0) is 23.2 Å². The second-order valence-corrected chi connectivity index (χ2v) is 6.89. The quantitative estimate of drug-likeness (QED) is 0.929. The third kappa shape index (κ3) is 2.84. The molecule has 1 heterocycles. The molecule has 1 saturated carbocycles. The first-order valence-corrected chi connectivity index (χ1v) is 8.27. The van der Waals surface area contributed by atoms with Crippen LogP contribution in [-0.4, -0.2) is 23.6 Å². The zero-order valence-corrected chi connectivity index (χ0v) is 13.3. The van der Waals surface area contributed by atoms with Crippen molar-refractivity contribution in [2.24, 2.45) is 17.6 Å². The van der Waals surface area contributed by atoms with Crippen LogP contribution in [0.4, 0.5) is 0 Å². The Hall–Kier alpha value is -1.00. The Morgan fingerprint density at radius 3 is 2.76 bits per heavy atom. The number of nitrogens with two attached hydrogens (primary N) is 1. The van der Waals surface area contributed by atoms with E-state index in [1.807, 2.05) is 13.3 Å². The number of methoxy groups -OCH3 is 1. The Balaban J connectivity index is 1.86. The molecule has 1 aromatic rings. The third-order valence-electron chi connectivity index (χ3n) is 5.47. The molecule has 1 unspecified atom stereocenters. The maximum atomic E-state index is 5.90. The number of ether oxygens (including phenoxy) is 1. The summed E-state index contributed by atoms with van der Waals surface area (Å²) >= 11 is 0. The van der Waals surface area contributed by atoms with Crippen molar-refractivity contribution in [2.75, 3.05) is 13.7 Å². The Bertz CT molecular complexity index is 495. The molecule has 4 heteroatoms. The fraction of sp³-hybridized carbons (Fsp3) is 0.765. The SMILES string of the molecule is COC1(c2ncc3c(n2)CCC(CN)C3)CCC(C)CC1. The number of nitrogens with zero attached hydrogens (tertiary/aromatic N) is 2. The number of hydrogen-bond acceptors (Lipinski definition) is 4. The van der Waals surface area contributed by atoms with Gasteiger partial charge in [-0.1, -0.05) is 6.92 Å². The van der Waals surface area contributed by atoms with Crippen LogP contribution in [0.5, 0.6) is 0 Å². The average molecular weight is 289 g/mol. The molecular weight excluding hydrogens is 262 g/mol. The van der Waals surface area contributed by atoms with Crippen LogP contribution >= 0.6 is 0 Å². The molecule has 1 fully saturated rings. The molecule has 2 N–H and O–H groups in total. The fourth-order valence-corrected chi connectivity index (χ4v) is 3.75. The Kier molecular flexibility index (Phi) is 4.27. The van der Waals surface area contributed by atoms with E-state index in [0.717, 1.165) is 50.4 Å². The Morgan fingerprint density at radius 1 is 1.33 bits per heavy atom. The molecule has 3 rings (SSSR count). The first kappa shape index (κ1) is 14.9. The molecule has 1 atom stereocenters. The van der Waals surface area contributed by atoms with Gasteiger partial charge in [0.15, 0.2) is 5.82 Å².